The summed E-state index contributed by atoms with van der Waals surface area (Å²) in [5.74, 6) is 0.115. The lowest BCUT2D eigenvalue weighted by Crippen LogP contribution is -2.48. The summed E-state index contributed by atoms with van der Waals surface area (Å²) in [5.41, 5.74) is 3.57. The van der Waals surface area contributed by atoms with Gasteiger partial charge in [-0.05, 0) is 67.6 Å². The summed E-state index contributed by atoms with van der Waals surface area (Å²) in [7, 11) is 1.95. The van der Waals surface area contributed by atoms with Gasteiger partial charge in [0.2, 0.25) is 5.91 Å². The van der Waals surface area contributed by atoms with E-state index in [1.807, 2.05) is 156 Å². The van der Waals surface area contributed by atoms with Crippen LogP contribution < -0.4 is 0 Å². The molecule has 3 nitrogen and oxygen atoms in total. The van der Waals surface area contributed by atoms with E-state index >= 15 is 0 Å². The zero-order valence-electron chi connectivity index (χ0n) is 36.2. The number of rotatable bonds is 4. The van der Waals surface area contributed by atoms with E-state index in [0.717, 1.165) is 31.5 Å². The first-order valence-electron chi connectivity index (χ1n) is 20.1. The summed E-state index contributed by atoms with van der Waals surface area (Å²) in [6.07, 6.45) is 5.03. The Labute approximate surface area is 344 Å². The molecule has 0 aromatic heterocycles. The Kier molecular flexibility index (Phi) is 98.2. The standard InChI is InChI=1S/C23H26Cl2N2O.10C2H6.4CH4/c1-26(22(28)15-16-8-10-19(24)20(25)14-16)23-18-7-3-2-6-17(18)9-11-21(23)27-12-4-5-13-27;10*1-2;;;;/h2-3,6-8,10,14,21,23H,4-5,9,11-13,15H2,1H3;10*1-2H3;4*1H4. The summed E-state index contributed by atoms with van der Waals surface area (Å²) in [6, 6.07) is 14.5. The summed E-state index contributed by atoms with van der Waals surface area (Å²) in [4.78, 5) is 17.8. The Balaban J connectivity index is -0.0000000680. The van der Waals surface area contributed by atoms with E-state index in [9.17, 15) is 4.79 Å². The third-order valence-electron chi connectivity index (χ3n) is 6.21. The molecule has 2 aromatic carbocycles. The molecule has 2 unspecified atom stereocenters. The van der Waals surface area contributed by atoms with Crippen molar-refractivity contribution in [2.75, 3.05) is 20.1 Å². The maximum Gasteiger partial charge on any atom is 0.227 e. The summed E-state index contributed by atoms with van der Waals surface area (Å²) in [6.45, 7) is 42.3. The molecule has 1 aliphatic carbocycles. The van der Waals surface area contributed by atoms with Crippen LogP contribution in [0.25, 0.3) is 0 Å². The average Bonchev–Trinajstić information content (AvgIpc) is 3.75. The molecular formula is C47H102Cl2N2O. The highest BCUT2D eigenvalue weighted by atomic mass is 35.5. The average molecular weight is 782 g/mol. The molecule has 1 aliphatic heterocycles. The molecule has 5 heteroatoms. The molecule has 2 aliphatic rings. The van der Waals surface area contributed by atoms with Crippen LogP contribution in [0.5, 0.6) is 0 Å². The second-order valence-electron chi connectivity index (χ2n) is 7.92. The van der Waals surface area contributed by atoms with Crippen LogP contribution in [0, 0.1) is 0 Å². The zero-order valence-corrected chi connectivity index (χ0v) is 37.7. The Morgan fingerprint density at radius 2 is 1.04 bits per heavy atom. The Hall–Kier alpha value is -1.55. The van der Waals surface area contributed by atoms with E-state index in [2.05, 4.69) is 29.2 Å². The van der Waals surface area contributed by atoms with Crippen molar-refractivity contribution >= 4 is 29.1 Å². The first-order chi connectivity index (χ1) is 23.5. The topological polar surface area (TPSA) is 23.6 Å². The number of aryl methyl sites for hydroxylation is 1. The van der Waals surface area contributed by atoms with E-state index in [1.165, 1.54) is 24.0 Å². The van der Waals surface area contributed by atoms with Crippen molar-refractivity contribution in [2.45, 2.75) is 212 Å². The molecule has 320 valence electrons. The third kappa shape index (κ3) is 31.9. The molecule has 2 atom stereocenters. The number of carbonyl (C=O) groups is 1. The fraction of sp³-hybridized carbons (Fsp3) is 0.723. The second kappa shape index (κ2) is 64.4. The first-order valence-corrected chi connectivity index (χ1v) is 20.8. The van der Waals surface area contributed by atoms with Crippen LogP contribution in [0.1, 0.15) is 210 Å². The lowest BCUT2D eigenvalue weighted by atomic mass is 9.82. The number of hydrogen-bond acceptors (Lipinski definition) is 2. The molecule has 0 saturated carbocycles. The molecule has 1 fully saturated rings. The predicted molar refractivity (Wildman–Crippen MR) is 255 cm³/mol. The van der Waals surface area contributed by atoms with Crippen molar-refractivity contribution in [3.8, 4) is 0 Å². The molecular weight excluding hydrogens is 679 g/mol. The van der Waals surface area contributed by atoms with Gasteiger partial charge in [0.05, 0.1) is 22.5 Å². The van der Waals surface area contributed by atoms with Gasteiger partial charge >= 0.3 is 0 Å². The number of likely N-dealkylation sites (tertiary alicyclic amines) is 1. The molecule has 1 amide bonds. The molecule has 0 N–H and O–H groups in total. The zero-order chi connectivity index (χ0) is 39.7. The Morgan fingerprint density at radius 1 is 0.635 bits per heavy atom. The Bertz CT molecular complexity index is 868. The highest BCUT2D eigenvalue weighted by Crippen LogP contribution is 2.38. The molecule has 0 bridgehead atoms. The minimum absolute atomic E-state index is 0. The first kappa shape index (κ1) is 79.3. The van der Waals surface area contributed by atoms with Gasteiger partial charge in [-0.15, -0.1) is 0 Å². The molecule has 4 rings (SSSR count). The summed E-state index contributed by atoms with van der Waals surface area (Å²) >= 11 is 12.2. The number of hydrogen-bond donors (Lipinski definition) is 0. The van der Waals surface area contributed by atoms with Gasteiger partial charge in [0.15, 0.2) is 0 Å². The van der Waals surface area contributed by atoms with Crippen LogP contribution in [0.2, 0.25) is 10.0 Å². The number of benzene rings is 2. The van der Waals surface area contributed by atoms with Gasteiger partial charge in [-0.3, -0.25) is 9.69 Å². The number of nitrogens with zero attached hydrogens (tertiary/aromatic N) is 2. The monoisotopic (exact) mass is 781 g/mol. The van der Waals surface area contributed by atoms with E-state index in [4.69, 9.17) is 23.2 Å². The van der Waals surface area contributed by atoms with E-state index in [0.29, 0.717) is 22.5 Å². The molecule has 1 heterocycles. The fourth-order valence-electron chi connectivity index (χ4n) is 4.75. The number of likely N-dealkylation sites (N-methyl/N-ethyl adjacent to an activating group) is 1. The van der Waals surface area contributed by atoms with Crippen LogP contribution in [-0.4, -0.2) is 41.9 Å². The van der Waals surface area contributed by atoms with Crippen molar-refractivity contribution in [2.24, 2.45) is 0 Å². The van der Waals surface area contributed by atoms with Crippen LogP contribution in [0.15, 0.2) is 42.5 Å². The van der Waals surface area contributed by atoms with Crippen LogP contribution in [0.4, 0.5) is 0 Å². The SMILES string of the molecule is C.C.C.C.CC.CC.CC.CC.CC.CC.CC.CC.CC.CC.CN(C(=O)Cc1ccc(Cl)c(Cl)c1)C1c2ccccc2CCC1N1CCCC1. The smallest absolute Gasteiger partial charge is 0.227 e. The normalized spacial score (nSPS) is 13.1. The third-order valence-corrected chi connectivity index (χ3v) is 6.95. The van der Waals surface area contributed by atoms with E-state index in [-0.39, 0.29) is 41.7 Å². The maximum absolute atomic E-state index is 13.2. The Morgan fingerprint density at radius 3 is 1.44 bits per heavy atom. The molecule has 1 saturated heterocycles. The van der Waals surface area contributed by atoms with Crippen molar-refractivity contribution < 1.29 is 4.79 Å². The van der Waals surface area contributed by atoms with Crippen molar-refractivity contribution in [1.82, 2.24) is 9.80 Å². The molecule has 52 heavy (non-hydrogen) atoms. The largest absolute Gasteiger partial charge is 0.337 e. The molecule has 0 radical (unpaired) electrons. The summed E-state index contributed by atoms with van der Waals surface area (Å²) in [5, 5.41) is 1.01. The maximum atomic E-state index is 13.2. The van der Waals surface area contributed by atoms with Gasteiger partial charge in [-0.25, -0.2) is 0 Å². The van der Waals surface area contributed by atoms with Gasteiger partial charge in [-0.2, -0.15) is 0 Å². The van der Waals surface area contributed by atoms with Gasteiger partial charge in [0, 0.05) is 13.1 Å². The highest BCUT2D eigenvalue weighted by molar-refractivity contribution is 6.42. The van der Waals surface area contributed by atoms with Crippen molar-refractivity contribution in [3.63, 3.8) is 0 Å². The number of halogens is 2. The number of carbonyl (C=O) groups excluding carboxylic acids is 1. The molecule has 2 aromatic rings. The lowest BCUT2D eigenvalue weighted by molar-refractivity contribution is -0.133. The van der Waals surface area contributed by atoms with Crippen molar-refractivity contribution in [1.29, 1.82) is 0 Å². The number of amides is 1. The minimum atomic E-state index is 0. The van der Waals surface area contributed by atoms with Gasteiger partial charge < -0.3 is 4.90 Å². The van der Waals surface area contributed by atoms with Crippen LogP contribution in [-0.2, 0) is 17.6 Å². The lowest BCUT2D eigenvalue weighted by Gasteiger charge is -2.43. The van der Waals surface area contributed by atoms with E-state index in [1.54, 1.807) is 12.1 Å². The van der Waals surface area contributed by atoms with Crippen molar-refractivity contribution in [3.05, 3.63) is 69.2 Å². The van der Waals surface area contributed by atoms with Crippen LogP contribution >= 0.6 is 23.2 Å². The van der Waals surface area contributed by atoms with Gasteiger partial charge in [0.25, 0.3) is 0 Å². The minimum Gasteiger partial charge on any atom is -0.337 e. The van der Waals surface area contributed by atoms with Gasteiger partial charge in [0.1, 0.15) is 0 Å². The summed E-state index contributed by atoms with van der Waals surface area (Å²) < 4.78 is 0. The second-order valence-corrected chi connectivity index (χ2v) is 8.74. The van der Waals surface area contributed by atoms with Crippen LogP contribution in [0.3, 0.4) is 0 Å². The highest BCUT2D eigenvalue weighted by Gasteiger charge is 2.38. The molecule has 0 spiro atoms. The van der Waals surface area contributed by atoms with Gasteiger partial charge in [-0.1, -0.05) is 222 Å². The predicted octanol–water partition coefficient (Wildman–Crippen LogP) is 18.0. The fourth-order valence-corrected chi connectivity index (χ4v) is 5.07. The number of fused-ring (bicyclic) bond motifs is 1. The quantitative estimate of drug-likeness (QED) is 0.308. The van der Waals surface area contributed by atoms with E-state index < -0.39 is 0 Å².